The van der Waals surface area contributed by atoms with Crippen molar-refractivity contribution in [3.63, 3.8) is 0 Å². The SMILES string of the molecule is C[C@H]1Cc2ccccc2N1S(=O)(=O)c1cccc(C(=O)N2Cc3ccccc3C[C@H]2C(N)=O)c1. The lowest BCUT2D eigenvalue weighted by molar-refractivity contribution is -0.122. The van der Waals surface area contributed by atoms with E-state index in [2.05, 4.69) is 0 Å². The number of amides is 2. The van der Waals surface area contributed by atoms with E-state index in [1.165, 1.54) is 21.3 Å². The van der Waals surface area contributed by atoms with Crippen LogP contribution >= 0.6 is 0 Å². The first-order valence-corrected chi connectivity index (χ1v) is 12.6. The van der Waals surface area contributed by atoms with Crippen molar-refractivity contribution in [2.24, 2.45) is 5.73 Å². The van der Waals surface area contributed by atoms with Gasteiger partial charge in [-0.15, -0.1) is 0 Å². The van der Waals surface area contributed by atoms with Crippen LogP contribution in [-0.4, -0.2) is 37.2 Å². The molecule has 8 heteroatoms. The molecule has 2 amide bonds. The highest BCUT2D eigenvalue weighted by molar-refractivity contribution is 7.92. The Labute approximate surface area is 198 Å². The number of anilines is 1. The van der Waals surface area contributed by atoms with Crippen molar-refractivity contribution in [1.82, 2.24) is 4.90 Å². The average Bonchev–Trinajstić information content (AvgIpc) is 3.19. The molecule has 34 heavy (non-hydrogen) atoms. The number of hydrogen-bond acceptors (Lipinski definition) is 4. The molecule has 2 atom stereocenters. The fraction of sp³-hybridized carbons (Fsp3) is 0.231. The van der Waals surface area contributed by atoms with Crippen LogP contribution in [0.15, 0.2) is 77.7 Å². The van der Waals surface area contributed by atoms with Crippen LogP contribution in [-0.2, 0) is 34.2 Å². The monoisotopic (exact) mass is 475 g/mol. The molecule has 0 bridgehead atoms. The summed E-state index contributed by atoms with van der Waals surface area (Å²) in [5, 5.41) is 0. The Morgan fingerprint density at radius 3 is 2.29 bits per heavy atom. The fourth-order valence-electron chi connectivity index (χ4n) is 4.96. The van der Waals surface area contributed by atoms with E-state index in [0.29, 0.717) is 18.5 Å². The lowest BCUT2D eigenvalue weighted by atomic mass is 9.93. The molecule has 2 heterocycles. The predicted molar refractivity (Wildman–Crippen MR) is 129 cm³/mol. The van der Waals surface area contributed by atoms with Crippen LogP contribution < -0.4 is 10.0 Å². The number of fused-ring (bicyclic) bond motifs is 2. The fourth-order valence-corrected chi connectivity index (χ4v) is 6.70. The molecule has 0 aliphatic carbocycles. The number of benzene rings is 3. The number of para-hydroxylation sites is 1. The van der Waals surface area contributed by atoms with Crippen molar-refractivity contribution in [3.05, 3.63) is 95.1 Å². The Kier molecular flexibility index (Phi) is 5.40. The summed E-state index contributed by atoms with van der Waals surface area (Å²) in [5.74, 6) is -1.01. The second-order valence-electron chi connectivity index (χ2n) is 8.83. The van der Waals surface area contributed by atoms with Crippen molar-refractivity contribution < 1.29 is 18.0 Å². The van der Waals surface area contributed by atoms with Crippen molar-refractivity contribution in [2.45, 2.75) is 43.3 Å². The standard InChI is InChI=1S/C26H25N3O4S/c1-17-13-19-8-4-5-12-23(19)29(17)34(32,33)22-11-6-10-20(14-22)26(31)28-16-21-9-3-2-7-18(21)15-24(28)25(27)30/h2-12,14,17,24H,13,15-16H2,1H3,(H2,27,30)/t17-,24-/m0/s1. The zero-order valence-electron chi connectivity index (χ0n) is 18.7. The highest BCUT2D eigenvalue weighted by Crippen LogP contribution is 2.36. The second kappa shape index (κ2) is 8.29. The summed E-state index contributed by atoms with van der Waals surface area (Å²) in [6.45, 7) is 2.10. The third-order valence-corrected chi connectivity index (χ3v) is 8.54. The molecule has 0 unspecified atom stereocenters. The zero-order valence-corrected chi connectivity index (χ0v) is 19.5. The average molecular weight is 476 g/mol. The first-order valence-electron chi connectivity index (χ1n) is 11.2. The molecule has 0 aromatic heterocycles. The third-order valence-electron chi connectivity index (χ3n) is 6.62. The molecular formula is C26H25N3O4S. The van der Waals surface area contributed by atoms with Gasteiger partial charge in [-0.25, -0.2) is 8.42 Å². The minimum absolute atomic E-state index is 0.0370. The minimum Gasteiger partial charge on any atom is -0.368 e. The van der Waals surface area contributed by atoms with Crippen LogP contribution in [0.5, 0.6) is 0 Å². The van der Waals surface area contributed by atoms with Crippen LogP contribution in [0.3, 0.4) is 0 Å². The molecule has 0 saturated carbocycles. The van der Waals surface area contributed by atoms with Gasteiger partial charge in [-0.1, -0.05) is 48.5 Å². The molecule has 3 aromatic rings. The zero-order chi connectivity index (χ0) is 24.0. The van der Waals surface area contributed by atoms with Crippen molar-refractivity contribution in [2.75, 3.05) is 4.31 Å². The lowest BCUT2D eigenvalue weighted by Crippen LogP contribution is -2.51. The summed E-state index contributed by atoms with van der Waals surface area (Å²) in [6, 6.07) is 20.0. The lowest BCUT2D eigenvalue weighted by Gasteiger charge is -2.35. The number of primary amides is 1. The summed E-state index contributed by atoms with van der Waals surface area (Å²) >= 11 is 0. The summed E-state index contributed by atoms with van der Waals surface area (Å²) in [5.41, 5.74) is 9.40. The van der Waals surface area contributed by atoms with Crippen LogP contribution in [0, 0.1) is 0 Å². The molecule has 7 nitrogen and oxygen atoms in total. The Morgan fingerprint density at radius 2 is 1.56 bits per heavy atom. The first-order chi connectivity index (χ1) is 16.3. The summed E-state index contributed by atoms with van der Waals surface area (Å²) in [7, 11) is -3.90. The maximum atomic E-state index is 13.6. The van der Waals surface area contributed by atoms with Crippen molar-refractivity contribution >= 4 is 27.5 Å². The van der Waals surface area contributed by atoms with Gasteiger partial charge >= 0.3 is 0 Å². The van der Waals surface area contributed by atoms with E-state index in [0.717, 1.165) is 16.7 Å². The van der Waals surface area contributed by atoms with Gasteiger partial charge < -0.3 is 10.6 Å². The van der Waals surface area contributed by atoms with Crippen LogP contribution in [0.4, 0.5) is 5.69 Å². The molecule has 2 N–H and O–H groups in total. The molecular weight excluding hydrogens is 450 g/mol. The minimum atomic E-state index is -3.90. The van der Waals surface area contributed by atoms with Gasteiger partial charge in [-0.05, 0) is 54.3 Å². The normalized spacial score (nSPS) is 19.4. The van der Waals surface area contributed by atoms with E-state index >= 15 is 0 Å². The Bertz CT molecular complexity index is 1400. The van der Waals surface area contributed by atoms with Gasteiger partial charge in [-0.3, -0.25) is 13.9 Å². The number of rotatable bonds is 4. The molecule has 174 valence electrons. The van der Waals surface area contributed by atoms with Gasteiger partial charge in [0, 0.05) is 24.6 Å². The van der Waals surface area contributed by atoms with Crippen molar-refractivity contribution in [1.29, 1.82) is 0 Å². The number of nitrogens with two attached hydrogens (primary N) is 1. The molecule has 5 rings (SSSR count). The van der Waals surface area contributed by atoms with E-state index in [9.17, 15) is 18.0 Å². The molecule has 3 aromatic carbocycles. The molecule has 2 aliphatic heterocycles. The Balaban J connectivity index is 1.50. The molecule has 0 radical (unpaired) electrons. The van der Waals surface area contributed by atoms with Crippen molar-refractivity contribution in [3.8, 4) is 0 Å². The van der Waals surface area contributed by atoms with E-state index in [1.807, 2.05) is 49.4 Å². The molecule has 0 spiro atoms. The van der Waals surface area contributed by atoms with Crippen LogP contribution in [0.2, 0.25) is 0 Å². The quantitative estimate of drug-likeness (QED) is 0.627. The molecule has 2 aliphatic rings. The van der Waals surface area contributed by atoms with E-state index in [1.54, 1.807) is 18.2 Å². The largest absolute Gasteiger partial charge is 0.368 e. The highest BCUT2D eigenvalue weighted by atomic mass is 32.2. The Morgan fingerprint density at radius 1 is 0.882 bits per heavy atom. The molecule has 0 fully saturated rings. The predicted octanol–water partition coefficient (Wildman–Crippen LogP) is 2.88. The van der Waals surface area contributed by atoms with Crippen LogP contribution in [0.25, 0.3) is 0 Å². The number of hydrogen-bond donors (Lipinski definition) is 1. The highest BCUT2D eigenvalue weighted by Gasteiger charge is 2.37. The van der Waals surface area contributed by atoms with E-state index in [-0.39, 0.29) is 23.0 Å². The number of sulfonamides is 1. The number of carbonyl (C=O) groups is 2. The Hall–Kier alpha value is -3.65. The van der Waals surface area contributed by atoms with Gasteiger partial charge in [0.05, 0.1) is 10.6 Å². The smallest absolute Gasteiger partial charge is 0.264 e. The molecule has 0 saturated heterocycles. The topological polar surface area (TPSA) is 101 Å². The van der Waals surface area contributed by atoms with Crippen LogP contribution in [0.1, 0.15) is 34.0 Å². The van der Waals surface area contributed by atoms with Gasteiger partial charge in [0.2, 0.25) is 5.91 Å². The van der Waals surface area contributed by atoms with E-state index < -0.39 is 27.9 Å². The maximum Gasteiger partial charge on any atom is 0.264 e. The van der Waals surface area contributed by atoms with E-state index in [4.69, 9.17) is 5.73 Å². The maximum absolute atomic E-state index is 13.6. The summed E-state index contributed by atoms with van der Waals surface area (Å²) in [6.07, 6.45) is 0.957. The second-order valence-corrected chi connectivity index (χ2v) is 10.6. The summed E-state index contributed by atoms with van der Waals surface area (Å²) < 4.78 is 28.7. The summed E-state index contributed by atoms with van der Waals surface area (Å²) in [4.78, 5) is 27.2. The van der Waals surface area contributed by atoms with Gasteiger partial charge in [0.15, 0.2) is 0 Å². The van der Waals surface area contributed by atoms with Gasteiger partial charge in [-0.2, -0.15) is 0 Å². The van der Waals surface area contributed by atoms with Gasteiger partial charge in [0.1, 0.15) is 6.04 Å². The number of nitrogens with zero attached hydrogens (tertiary/aromatic N) is 2. The third kappa shape index (κ3) is 3.64. The first kappa shape index (κ1) is 22.2. The van der Waals surface area contributed by atoms with Gasteiger partial charge in [0.25, 0.3) is 15.9 Å². The number of carbonyl (C=O) groups excluding carboxylic acids is 2.